The van der Waals surface area contributed by atoms with Crippen LogP contribution in [0.25, 0.3) is 0 Å². The first-order chi connectivity index (χ1) is 11.3. The van der Waals surface area contributed by atoms with E-state index in [4.69, 9.17) is 0 Å². The minimum atomic E-state index is -0.657. The molecule has 2 amide bonds. The molecule has 0 heterocycles. The topological polar surface area (TPSA) is 78.4 Å². The fourth-order valence-electron chi connectivity index (χ4n) is 3.07. The molecule has 0 radical (unpaired) electrons. The van der Waals surface area contributed by atoms with Crippen LogP contribution in [0.4, 0.5) is 5.69 Å². The first-order valence-corrected chi connectivity index (χ1v) is 8.56. The van der Waals surface area contributed by atoms with Gasteiger partial charge in [0.1, 0.15) is 0 Å². The van der Waals surface area contributed by atoms with Gasteiger partial charge in [0.15, 0.2) is 0 Å². The van der Waals surface area contributed by atoms with Crippen molar-refractivity contribution in [1.29, 1.82) is 0 Å². The van der Waals surface area contributed by atoms with Crippen LogP contribution in [0.1, 0.15) is 49.8 Å². The zero-order valence-electron chi connectivity index (χ0n) is 15.5. The molecule has 3 N–H and O–H groups in total. The number of amides is 2. The van der Waals surface area contributed by atoms with Crippen LogP contribution in [0.5, 0.6) is 0 Å². The van der Waals surface area contributed by atoms with Gasteiger partial charge in [0, 0.05) is 18.8 Å². The summed E-state index contributed by atoms with van der Waals surface area (Å²) in [7, 11) is 0. The van der Waals surface area contributed by atoms with Gasteiger partial charge in [0.05, 0.1) is 0 Å². The van der Waals surface area contributed by atoms with Crippen LogP contribution in [-0.2, 0) is 9.59 Å². The van der Waals surface area contributed by atoms with Gasteiger partial charge >= 0.3 is 11.8 Å². The molecule has 1 aromatic rings. The maximum absolute atomic E-state index is 12.2. The van der Waals surface area contributed by atoms with Crippen LogP contribution in [-0.4, -0.2) is 30.1 Å². The summed E-state index contributed by atoms with van der Waals surface area (Å²) in [6.07, 6.45) is 2.28. The third-order valence-corrected chi connectivity index (χ3v) is 4.89. The molecule has 1 aromatic carbocycles. The Morgan fingerprint density at radius 2 is 1.58 bits per heavy atom. The Morgan fingerprint density at radius 3 is 2.04 bits per heavy atom. The largest absolute Gasteiger partial charge is 0.396 e. The van der Waals surface area contributed by atoms with Gasteiger partial charge in [0.2, 0.25) is 0 Å². The van der Waals surface area contributed by atoms with E-state index in [0.717, 1.165) is 29.5 Å². The van der Waals surface area contributed by atoms with Crippen molar-refractivity contribution in [3.05, 3.63) is 28.8 Å². The van der Waals surface area contributed by atoms with Crippen LogP contribution >= 0.6 is 0 Å². The summed E-state index contributed by atoms with van der Waals surface area (Å²) in [4.78, 5) is 24.3. The van der Waals surface area contributed by atoms with Crippen molar-refractivity contribution in [1.82, 2.24) is 5.32 Å². The van der Waals surface area contributed by atoms with E-state index >= 15 is 0 Å². The number of anilines is 1. The lowest BCUT2D eigenvalue weighted by Gasteiger charge is -2.31. The highest BCUT2D eigenvalue weighted by molar-refractivity contribution is 6.39. The molecular weight excluding hydrogens is 304 g/mol. The average molecular weight is 334 g/mol. The van der Waals surface area contributed by atoms with Crippen LogP contribution in [0.2, 0.25) is 0 Å². The van der Waals surface area contributed by atoms with Crippen molar-refractivity contribution < 1.29 is 14.7 Å². The summed E-state index contributed by atoms with van der Waals surface area (Å²) >= 11 is 0. The first kappa shape index (κ1) is 20.2. The molecule has 0 fully saturated rings. The van der Waals surface area contributed by atoms with Gasteiger partial charge in [-0.3, -0.25) is 9.59 Å². The fourth-order valence-corrected chi connectivity index (χ4v) is 3.07. The summed E-state index contributed by atoms with van der Waals surface area (Å²) in [5.41, 5.74) is 3.51. The van der Waals surface area contributed by atoms with Crippen LogP contribution in [0.15, 0.2) is 12.1 Å². The van der Waals surface area contributed by atoms with E-state index in [1.54, 1.807) is 0 Å². The molecule has 0 unspecified atom stereocenters. The second-order valence-electron chi connectivity index (χ2n) is 6.59. The molecule has 0 aromatic heterocycles. The summed E-state index contributed by atoms with van der Waals surface area (Å²) in [5, 5.41) is 14.7. The molecule has 0 atom stereocenters. The summed E-state index contributed by atoms with van der Waals surface area (Å²) in [5.74, 6) is -1.30. The van der Waals surface area contributed by atoms with Crippen molar-refractivity contribution in [3.8, 4) is 0 Å². The molecule has 0 bridgehead atoms. The molecule has 0 aliphatic rings. The first-order valence-electron chi connectivity index (χ1n) is 8.56. The van der Waals surface area contributed by atoms with Crippen LogP contribution in [0.3, 0.4) is 0 Å². The molecule has 0 saturated carbocycles. The van der Waals surface area contributed by atoms with Gasteiger partial charge in [-0.05, 0) is 56.6 Å². The van der Waals surface area contributed by atoms with E-state index in [1.165, 1.54) is 0 Å². The Hall–Kier alpha value is -1.88. The highest BCUT2D eigenvalue weighted by Gasteiger charge is 2.27. The maximum Gasteiger partial charge on any atom is 0.313 e. The molecule has 0 saturated heterocycles. The maximum atomic E-state index is 12.2. The SMILES string of the molecule is CCC(CC)(CCO)CNC(=O)C(=O)Nc1c(C)cc(C)cc1C. The van der Waals surface area contributed by atoms with Crippen molar-refractivity contribution in [2.24, 2.45) is 5.41 Å². The predicted octanol–water partition coefficient (Wildman–Crippen LogP) is 2.86. The van der Waals surface area contributed by atoms with E-state index in [1.807, 2.05) is 46.8 Å². The van der Waals surface area contributed by atoms with Gasteiger partial charge in [-0.25, -0.2) is 0 Å². The van der Waals surface area contributed by atoms with Gasteiger partial charge < -0.3 is 15.7 Å². The Bertz CT molecular complexity index is 569. The summed E-state index contributed by atoms with van der Waals surface area (Å²) < 4.78 is 0. The number of aryl methyl sites for hydroxylation is 3. The Labute approximate surface area is 144 Å². The second kappa shape index (κ2) is 8.83. The van der Waals surface area contributed by atoms with E-state index in [0.29, 0.717) is 18.7 Å². The van der Waals surface area contributed by atoms with Gasteiger partial charge in [-0.1, -0.05) is 31.5 Å². The Balaban J connectivity index is 2.74. The van der Waals surface area contributed by atoms with E-state index in [2.05, 4.69) is 10.6 Å². The minimum Gasteiger partial charge on any atom is -0.396 e. The van der Waals surface area contributed by atoms with E-state index < -0.39 is 11.8 Å². The lowest BCUT2D eigenvalue weighted by atomic mass is 9.79. The predicted molar refractivity (Wildman–Crippen MR) is 97.0 cm³/mol. The molecule has 24 heavy (non-hydrogen) atoms. The quantitative estimate of drug-likeness (QED) is 0.671. The molecule has 0 spiro atoms. The molecule has 5 nitrogen and oxygen atoms in total. The molecule has 0 aliphatic carbocycles. The van der Waals surface area contributed by atoms with E-state index in [-0.39, 0.29) is 12.0 Å². The number of rotatable bonds is 7. The van der Waals surface area contributed by atoms with Crippen LogP contribution < -0.4 is 10.6 Å². The molecule has 5 heteroatoms. The third-order valence-electron chi connectivity index (χ3n) is 4.89. The molecule has 1 rings (SSSR count). The number of benzene rings is 1. The number of aliphatic hydroxyl groups is 1. The number of carbonyl (C=O) groups excluding carboxylic acids is 2. The third kappa shape index (κ3) is 5.06. The highest BCUT2D eigenvalue weighted by Crippen LogP contribution is 2.29. The van der Waals surface area contributed by atoms with E-state index in [9.17, 15) is 14.7 Å². The molecular formula is C19H30N2O3. The number of aliphatic hydroxyl groups excluding tert-OH is 1. The van der Waals surface area contributed by atoms with Gasteiger partial charge in [-0.15, -0.1) is 0 Å². The highest BCUT2D eigenvalue weighted by atomic mass is 16.3. The normalized spacial score (nSPS) is 11.2. The van der Waals surface area contributed by atoms with Crippen molar-refractivity contribution >= 4 is 17.5 Å². The van der Waals surface area contributed by atoms with Crippen molar-refractivity contribution in [2.45, 2.75) is 53.9 Å². The van der Waals surface area contributed by atoms with Crippen molar-refractivity contribution in [2.75, 3.05) is 18.5 Å². The minimum absolute atomic E-state index is 0.0749. The van der Waals surface area contributed by atoms with Crippen molar-refractivity contribution in [3.63, 3.8) is 0 Å². The number of carbonyl (C=O) groups is 2. The molecule has 134 valence electrons. The zero-order chi connectivity index (χ0) is 18.3. The molecule has 0 aliphatic heterocycles. The standard InChI is InChI=1S/C19H30N2O3/c1-6-19(7-2,8-9-22)12-20-17(23)18(24)21-16-14(4)10-13(3)11-15(16)5/h10-11,22H,6-9,12H2,1-5H3,(H,20,23)(H,21,24). The number of nitrogens with one attached hydrogen (secondary N) is 2. The smallest absolute Gasteiger partial charge is 0.313 e. The number of hydrogen-bond acceptors (Lipinski definition) is 3. The average Bonchev–Trinajstić information content (AvgIpc) is 2.54. The van der Waals surface area contributed by atoms with Crippen LogP contribution in [0, 0.1) is 26.2 Å². The van der Waals surface area contributed by atoms with Gasteiger partial charge in [0.25, 0.3) is 0 Å². The Morgan fingerprint density at radius 1 is 1.04 bits per heavy atom. The lowest BCUT2D eigenvalue weighted by Crippen LogP contribution is -2.42. The summed E-state index contributed by atoms with van der Waals surface area (Å²) in [6.45, 7) is 10.3. The van der Waals surface area contributed by atoms with Gasteiger partial charge in [-0.2, -0.15) is 0 Å². The fraction of sp³-hybridized carbons (Fsp3) is 0.579. The Kier molecular flexibility index (Phi) is 7.42. The zero-order valence-corrected chi connectivity index (χ0v) is 15.5. The second-order valence-corrected chi connectivity index (χ2v) is 6.59. The monoisotopic (exact) mass is 334 g/mol. The number of hydrogen-bond donors (Lipinski definition) is 3. The summed E-state index contributed by atoms with van der Waals surface area (Å²) in [6, 6.07) is 3.95. The lowest BCUT2D eigenvalue weighted by molar-refractivity contribution is -0.136.